The number of aromatic nitrogens is 3. The number of likely N-dealkylation sites (tertiary alicyclic amines) is 3. The molecule has 0 saturated carbocycles. The highest BCUT2D eigenvalue weighted by molar-refractivity contribution is 5.96. The van der Waals surface area contributed by atoms with E-state index in [1.54, 1.807) is 94.3 Å². The summed E-state index contributed by atoms with van der Waals surface area (Å²) in [6, 6.07) is 23.4. The summed E-state index contributed by atoms with van der Waals surface area (Å²) < 4.78 is 154. The van der Waals surface area contributed by atoms with E-state index < -0.39 is 57.6 Å². The van der Waals surface area contributed by atoms with E-state index in [4.69, 9.17) is 23.7 Å². The zero-order valence-corrected chi connectivity index (χ0v) is 61.1. The third kappa shape index (κ3) is 16.2. The smallest absolute Gasteiger partial charge is 0.431 e. The molecule has 6 aromatic rings. The van der Waals surface area contributed by atoms with E-state index in [1.807, 2.05) is 47.6 Å². The number of nitrogens with one attached hydrogen (secondary N) is 1. The van der Waals surface area contributed by atoms with Gasteiger partial charge in [-0.2, -0.15) is 39.5 Å². The SMILES string of the molecule is CCC(=O)N1CCn2c(C(F)(F)F)ccc2C12CCN(C(=O)c1ccc(OC(C)C)c(OC)c1)CC2.COCCN1CCn2c(C(F)(F)F)ccc2C12CCN(C(=O)c1ccc(OC(C)C)c(CO)c1)CC2.COc1cc(C(=O)N2CCC3(CC2)NCCn2c(C(F)(F)F)ccc23)ccc1C(C)(C)CO.[HH].[HH]. The maximum absolute atomic E-state index is 13.6. The van der Waals surface area contributed by atoms with Crippen molar-refractivity contribution in [3.05, 3.63) is 153 Å². The first kappa shape index (κ1) is 79.3. The zero-order valence-electron chi connectivity index (χ0n) is 61.1. The average molecular weight is 1490 g/mol. The first-order valence-corrected chi connectivity index (χ1v) is 35.7. The number of hydrogen-bond donors (Lipinski definition) is 3. The fourth-order valence-corrected chi connectivity index (χ4v) is 16.0. The van der Waals surface area contributed by atoms with E-state index in [-0.39, 0.29) is 84.5 Å². The lowest BCUT2D eigenvalue weighted by Gasteiger charge is -2.52. The van der Waals surface area contributed by atoms with Crippen molar-refractivity contribution in [3.63, 3.8) is 0 Å². The second-order valence-corrected chi connectivity index (χ2v) is 28.7. The number of piperidine rings is 3. The van der Waals surface area contributed by atoms with Gasteiger partial charge in [0.05, 0.1) is 62.9 Å². The lowest BCUT2D eigenvalue weighted by molar-refractivity contribution is -0.148. The molecule has 578 valence electrons. The summed E-state index contributed by atoms with van der Waals surface area (Å²) in [4.78, 5) is 61.8. The van der Waals surface area contributed by atoms with Crippen molar-refractivity contribution in [2.45, 2.75) is 172 Å². The van der Waals surface area contributed by atoms with E-state index in [9.17, 15) is 68.9 Å². The second-order valence-electron chi connectivity index (χ2n) is 28.7. The minimum Gasteiger partial charge on any atom is -0.496 e. The molecule has 3 aromatic carbocycles. The van der Waals surface area contributed by atoms with E-state index in [2.05, 4.69) is 10.2 Å². The van der Waals surface area contributed by atoms with Crippen LogP contribution in [0.3, 0.4) is 0 Å². The standard InChI is InChI=1S/C26H34F3N3O4.C26H32F3N3O4.C24H30F3N3O3.2H2/c1-18(2)36-21-5-4-19(16-20(21)17-33)24(34)30-10-8-25(9-11-30)22-6-7-23(26(27,28)29)32(22)13-12-31(25)14-15-35-3;1-5-23(33)32-15-14-31-21(8-9-22(31)26(27,28)29)25(32)10-12-30(13-11-25)24(34)18-6-7-19(36-17(2)3)20(16-18)35-4;1-22(2,15-31)17-5-4-16(14-18(17)33-3)21(32)29-11-8-23(9-12-29)19-6-7-20(24(25,26)27)30(19)13-10-28-23;;/h4-7,16,18,33H,8-15,17H2,1-3H3;6-9,16-17H,5,10-15H2,1-4H3;4-7,14,28,31H,8-13,15H2,1-3H3;2*1H. The van der Waals surface area contributed by atoms with Gasteiger partial charge in [0, 0.05) is 152 Å². The predicted octanol–water partition coefficient (Wildman–Crippen LogP) is 12.6. The Morgan fingerprint density at radius 1 is 0.514 bits per heavy atom. The molecular formula is C76H100F9N9O11. The van der Waals surface area contributed by atoms with Crippen molar-refractivity contribution in [2.24, 2.45) is 0 Å². The number of fused-ring (bicyclic) bond motifs is 6. The Balaban J connectivity index is 0.000000201. The van der Waals surface area contributed by atoms with E-state index in [1.165, 1.54) is 40.1 Å². The third-order valence-corrected chi connectivity index (χ3v) is 21.3. The summed E-state index contributed by atoms with van der Waals surface area (Å²) in [6.45, 7) is 18.0. The Kier molecular flexibility index (Phi) is 23.9. The fourth-order valence-electron chi connectivity index (χ4n) is 16.0. The van der Waals surface area contributed by atoms with Crippen LogP contribution in [0.2, 0.25) is 0 Å². The number of alkyl halides is 9. The molecule has 3 fully saturated rings. The highest BCUT2D eigenvalue weighted by Gasteiger charge is 2.52. The molecule has 0 unspecified atom stereocenters. The van der Waals surface area contributed by atoms with Gasteiger partial charge in [-0.3, -0.25) is 24.1 Å². The van der Waals surface area contributed by atoms with E-state index >= 15 is 0 Å². The molecular weight excluding hydrogens is 1390 g/mol. The number of benzene rings is 3. The van der Waals surface area contributed by atoms with Crippen molar-refractivity contribution >= 4 is 23.6 Å². The molecule has 0 aliphatic carbocycles. The molecule has 29 heteroatoms. The summed E-state index contributed by atoms with van der Waals surface area (Å²) in [5.41, 5.74) is 0.0338. The van der Waals surface area contributed by atoms with E-state index in [0.29, 0.717) is 166 Å². The van der Waals surface area contributed by atoms with Gasteiger partial charge in [-0.05, 0) is 151 Å². The lowest BCUT2D eigenvalue weighted by atomic mass is 9.80. The van der Waals surface area contributed by atoms with Crippen molar-refractivity contribution in [1.82, 2.24) is 43.5 Å². The van der Waals surface area contributed by atoms with Crippen LogP contribution in [0.1, 0.15) is 173 Å². The number of halogens is 9. The zero-order chi connectivity index (χ0) is 76.4. The van der Waals surface area contributed by atoms with Gasteiger partial charge in [0.1, 0.15) is 28.6 Å². The number of ether oxygens (including phenoxy) is 5. The van der Waals surface area contributed by atoms with Crippen LogP contribution in [0.4, 0.5) is 39.5 Å². The van der Waals surface area contributed by atoms with Crippen LogP contribution in [-0.2, 0) is 76.3 Å². The minimum absolute atomic E-state index is 0. The molecule has 0 bridgehead atoms. The molecule has 0 atom stereocenters. The van der Waals surface area contributed by atoms with Gasteiger partial charge in [-0.15, -0.1) is 0 Å². The summed E-state index contributed by atoms with van der Waals surface area (Å²) in [6.07, 6.45) is -10.3. The average Bonchev–Trinajstić information content (AvgIpc) is 1.67. The molecule has 12 rings (SSSR count). The molecule has 4 amide bonds. The van der Waals surface area contributed by atoms with Gasteiger partial charge >= 0.3 is 18.5 Å². The van der Waals surface area contributed by atoms with Gasteiger partial charge in [0.25, 0.3) is 17.7 Å². The third-order valence-electron chi connectivity index (χ3n) is 21.3. The van der Waals surface area contributed by atoms with Crippen LogP contribution < -0.4 is 24.3 Å². The number of aliphatic hydroxyl groups is 2. The number of methoxy groups -OCH3 is 3. The second kappa shape index (κ2) is 31.7. The monoisotopic (exact) mass is 1490 g/mol. The molecule has 3 aromatic heterocycles. The van der Waals surface area contributed by atoms with Crippen LogP contribution >= 0.6 is 0 Å². The van der Waals surface area contributed by atoms with Gasteiger partial charge in [-0.25, -0.2) is 0 Å². The Hall–Kier alpha value is -8.25. The van der Waals surface area contributed by atoms with Crippen molar-refractivity contribution in [1.29, 1.82) is 0 Å². The number of aliphatic hydroxyl groups excluding tert-OH is 2. The normalized spacial score (nSPS) is 17.9. The number of rotatable bonds is 16. The van der Waals surface area contributed by atoms with Crippen LogP contribution in [0.15, 0.2) is 91.0 Å². The van der Waals surface area contributed by atoms with Gasteiger partial charge in [0.15, 0.2) is 11.5 Å². The van der Waals surface area contributed by atoms with Crippen molar-refractivity contribution in [2.75, 3.05) is 100.0 Å². The highest BCUT2D eigenvalue weighted by atomic mass is 19.4. The number of hydrogen-bond acceptors (Lipinski definition) is 13. The van der Waals surface area contributed by atoms with Gasteiger partial charge in [0.2, 0.25) is 5.91 Å². The lowest BCUT2D eigenvalue weighted by Crippen LogP contribution is -2.59. The Bertz CT molecular complexity index is 4070. The number of carbonyl (C=O) groups is 4. The van der Waals surface area contributed by atoms with Crippen molar-refractivity contribution < 1.29 is 95.4 Å². The number of carbonyl (C=O) groups excluding carboxylic acids is 4. The summed E-state index contributed by atoms with van der Waals surface area (Å²) in [5, 5.41) is 22.9. The molecule has 0 radical (unpaired) electrons. The van der Waals surface area contributed by atoms with Crippen LogP contribution in [-0.4, -0.2) is 184 Å². The summed E-state index contributed by atoms with van der Waals surface area (Å²) in [5.74, 6) is 1.47. The molecule has 105 heavy (non-hydrogen) atoms. The number of nitrogens with zero attached hydrogens (tertiary/aromatic N) is 8. The first-order valence-electron chi connectivity index (χ1n) is 35.7. The minimum atomic E-state index is -4.47. The fraction of sp³-hybridized carbons (Fsp3) is 0.553. The molecule has 3 saturated heterocycles. The predicted molar refractivity (Wildman–Crippen MR) is 376 cm³/mol. The maximum atomic E-state index is 13.6. The van der Waals surface area contributed by atoms with Crippen LogP contribution in [0.5, 0.6) is 23.0 Å². The largest absolute Gasteiger partial charge is 0.496 e. The van der Waals surface area contributed by atoms with Crippen LogP contribution in [0, 0.1) is 0 Å². The molecule has 3 N–H and O–H groups in total. The summed E-state index contributed by atoms with van der Waals surface area (Å²) in [7, 11) is 4.65. The Morgan fingerprint density at radius 2 is 0.952 bits per heavy atom. The molecule has 9 heterocycles. The Labute approximate surface area is 608 Å². The topological polar surface area (TPSA) is 198 Å². The molecule has 6 aliphatic heterocycles. The van der Waals surface area contributed by atoms with Gasteiger partial charge < -0.3 is 72.5 Å². The Morgan fingerprint density at radius 3 is 1.43 bits per heavy atom. The highest BCUT2D eigenvalue weighted by Crippen LogP contribution is 2.48. The molecule has 20 nitrogen and oxygen atoms in total. The van der Waals surface area contributed by atoms with Gasteiger partial charge in [-0.1, -0.05) is 26.8 Å². The van der Waals surface area contributed by atoms with Crippen molar-refractivity contribution in [3.8, 4) is 23.0 Å². The van der Waals surface area contributed by atoms with Crippen LogP contribution in [0.25, 0.3) is 0 Å². The molecule has 6 aliphatic rings. The number of amides is 4. The maximum Gasteiger partial charge on any atom is 0.431 e. The quantitative estimate of drug-likeness (QED) is 0.0775. The first-order chi connectivity index (χ1) is 49.6. The van der Waals surface area contributed by atoms with E-state index in [0.717, 1.165) is 17.7 Å². The summed E-state index contributed by atoms with van der Waals surface area (Å²) >= 11 is 0. The molecule has 3 spiro atoms.